The third-order valence-corrected chi connectivity index (χ3v) is 2.40. The zero-order valence-electron chi connectivity index (χ0n) is 8.21. The van der Waals surface area contributed by atoms with Crippen molar-refractivity contribution in [2.24, 2.45) is 0 Å². The average molecular weight is 251 g/mol. The quantitative estimate of drug-likeness (QED) is 0.609. The topological polar surface area (TPSA) is 0 Å². The van der Waals surface area contributed by atoms with Crippen molar-refractivity contribution in [1.82, 2.24) is 0 Å². The predicted molar refractivity (Wildman–Crippen MR) is 48.0 cm³/mol. The minimum Gasteiger partial charge on any atom is -0.166 e. The van der Waals surface area contributed by atoms with E-state index >= 15 is 0 Å². The lowest BCUT2D eigenvalue weighted by Crippen LogP contribution is -2.13. The van der Waals surface area contributed by atoms with E-state index in [1.165, 1.54) is 18.2 Å². The summed E-state index contributed by atoms with van der Waals surface area (Å²) in [6, 6.07) is 2.14. The number of fused-ring (bicyclic) bond motifs is 1. The molecule has 0 saturated carbocycles. The van der Waals surface area contributed by atoms with E-state index < -0.39 is 23.5 Å². The number of rotatable bonds is 0. The van der Waals surface area contributed by atoms with E-state index in [1.807, 2.05) is 0 Å². The molecule has 1 radical (unpaired) electrons. The Morgan fingerprint density at radius 2 is 1.65 bits per heavy atom. The van der Waals surface area contributed by atoms with Crippen LogP contribution in [-0.4, -0.2) is 0 Å². The molecule has 0 aromatic heterocycles. The summed E-state index contributed by atoms with van der Waals surface area (Å²) in [5.74, 6) is 0. The first-order valence-corrected chi connectivity index (χ1v) is 4.60. The molecular weight excluding hydrogens is 246 g/mol. The van der Waals surface area contributed by atoms with Crippen LogP contribution in [0, 0.1) is 6.07 Å². The van der Waals surface area contributed by atoms with Crippen molar-refractivity contribution >= 4 is 6.08 Å². The van der Waals surface area contributed by atoms with E-state index in [4.69, 9.17) is 0 Å². The maximum Gasteiger partial charge on any atom is 0.417 e. The van der Waals surface area contributed by atoms with Crippen molar-refractivity contribution in [3.05, 3.63) is 40.5 Å². The molecule has 17 heavy (non-hydrogen) atoms. The molecule has 0 amide bonds. The van der Waals surface area contributed by atoms with Gasteiger partial charge in [0.2, 0.25) is 0 Å². The second-order valence-corrected chi connectivity index (χ2v) is 3.60. The number of benzene rings is 1. The standard InChI is InChI=1S/C11H5F6/c12-10(13,14)7-4-6-2-1-3-8(6)9(5-7)11(15,16)17/h1,3-4H,2H2. The molecular formula is C11H5F6. The van der Waals surface area contributed by atoms with Crippen LogP contribution in [0.3, 0.4) is 0 Å². The highest BCUT2D eigenvalue weighted by Crippen LogP contribution is 2.40. The van der Waals surface area contributed by atoms with Gasteiger partial charge in [-0.15, -0.1) is 0 Å². The molecule has 1 aliphatic carbocycles. The molecule has 1 aliphatic rings. The van der Waals surface area contributed by atoms with Crippen LogP contribution in [-0.2, 0) is 18.8 Å². The van der Waals surface area contributed by atoms with Gasteiger partial charge in [-0.05, 0) is 23.6 Å². The Hall–Kier alpha value is -1.46. The van der Waals surface area contributed by atoms with Gasteiger partial charge in [-0.3, -0.25) is 0 Å². The Bertz CT molecular complexity index is 478. The summed E-state index contributed by atoms with van der Waals surface area (Å²) in [6.45, 7) is 0. The first-order valence-electron chi connectivity index (χ1n) is 4.60. The molecule has 0 aliphatic heterocycles. The molecule has 0 spiro atoms. The minimum atomic E-state index is -4.83. The van der Waals surface area contributed by atoms with Crippen LogP contribution in [0.4, 0.5) is 26.3 Å². The van der Waals surface area contributed by atoms with Crippen LogP contribution >= 0.6 is 0 Å². The van der Waals surface area contributed by atoms with Crippen molar-refractivity contribution in [2.75, 3.05) is 0 Å². The first-order chi connectivity index (χ1) is 7.69. The molecule has 2 rings (SSSR count). The van der Waals surface area contributed by atoms with Gasteiger partial charge in [-0.2, -0.15) is 26.3 Å². The van der Waals surface area contributed by atoms with Crippen LogP contribution in [0.25, 0.3) is 6.08 Å². The van der Waals surface area contributed by atoms with E-state index in [0.717, 1.165) is 0 Å². The molecule has 0 bridgehead atoms. The summed E-state index contributed by atoms with van der Waals surface area (Å²) < 4.78 is 75.0. The van der Waals surface area contributed by atoms with Gasteiger partial charge in [-0.25, -0.2) is 0 Å². The molecule has 6 heteroatoms. The van der Waals surface area contributed by atoms with Crippen LogP contribution in [0.5, 0.6) is 0 Å². The first kappa shape index (κ1) is 12.0. The maximum atomic E-state index is 12.6. The van der Waals surface area contributed by atoms with Gasteiger partial charge >= 0.3 is 12.4 Å². The van der Waals surface area contributed by atoms with E-state index in [0.29, 0.717) is 6.07 Å². The number of allylic oxidation sites excluding steroid dienone is 1. The van der Waals surface area contributed by atoms with Crippen molar-refractivity contribution < 1.29 is 26.3 Å². The lowest BCUT2D eigenvalue weighted by Gasteiger charge is -2.15. The van der Waals surface area contributed by atoms with Gasteiger partial charge < -0.3 is 0 Å². The maximum absolute atomic E-state index is 12.6. The summed E-state index contributed by atoms with van der Waals surface area (Å²) in [7, 11) is 0. The third-order valence-electron chi connectivity index (χ3n) is 2.40. The van der Waals surface area contributed by atoms with Crippen LogP contribution in [0.15, 0.2) is 12.1 Å². The van der Waals surface area contributed by atoms with Gasteiger partial charge in [0.1, 0.15) is 0 Å². The van der Waals surface area contributed by atoms with Crippen molar-refractivity contribution in [3.63, 3.8) is 0 Å². The summed E-state index contributed by atoms with van der Waals surface area (Å²) in [5.41, 5.74) is -2.92. The van der Waals surface area contributed by atoms with E-state index in [9.17, 15) is 26.3 Å². The molecule has 0 fully saturated rings. The SMILES string of the molecule is FC(F)(F)c1[c]c(C(F)(F)F)c2c(c1)CC=C2. The predicted octanol–water partition coefficient (Wildman–Crippen LogP) is 4.09. The van der Waals surface area contributed by atoms with Gasteiger partial charge in [0, 0.05) is 6.07 Å². The highest BCUT2D eigenvalue weighted by Gasteiger charge is 2.39. The van der Waals surface area contributed by atoms with Gasteiger partial charge in [0.05, 0.1) is 11.1 Å². The fourth-order valence-electron chi connectivity index (χ4n) is 1.69. The molecule has 0 saturated heterocycles. The van der Waals surface area contributed by atoms with E-state index in [-0.39, 0.29) is 17.5 Å². The summed E-state index contributed by atoms with van der Waals surface area (Å²) >= 11 is 0. The Labute approximate surface area is 92.6 Å². The fourth-order valence-corrected chi connectivity index (χ4v) is 1.69. The number of hydrogen-bond donors (Lipinski definition) is 0. The third kappa shape index (κ3) is 2.16. The highest BCUT2D eigenvalue weighted by molar-refractivity contribution is 5.64. The lowest BCUT2D eigenvalue weighted by atomic mass is 9.99. The lowest BCUT2D eigenvalue weighted by molar-refractivity contribution is -0.143. The molecule has 0 N–H and O–H groups in total. The van der Waals surface area contributed by atoms with Gasteiger partial charge in [0.15, 0.2) is 0 Å². The number of hydrogen-bond acceptors (Lipinski definition) is 0. The Morgan fingerprint density at radius 3 is 2.18 bits per heavy atom. The van der Waals surface area contributed by atoms with Crippen LogP contribution < -0.4 is 0 Å². The Morgan fingerprint density at radius 1 is 1.00 bits per heavy atom. The molecule has 0 atom stereocenters. The second kappa shape index (κ2) is 3.51. The number of alkyl halides is 6. The molecule has 1 aromatic rings. The molecule has 1 aromatic carbocycles. The smallest absolute Gasteiger partial charge is 0.166 e. The van der Waals surface area contributed by atoms with Crippen molar-refractivity contribution in [2.45, 2.75) is 18.8 Å². The average Bonchev–Trinajstić information content (AvgIpc) is 2.59. The van der Waals surface area contributed by atoms with Gasteiger partial charge in [0.25, 0.3) is 0 Å². The second-order valence-electron chi connectivity index (χ2n) is 3.60. The number of halogens is 6. The van der Waals surface area contributed by atoms with Crippen LogP contribution in [0.1, 0.15) is 22.3 Å². The summed E-state index contributed by atoms with van der Waals surface area (Å²) in [6.07, 6.45) is -7.00. The van der Waals surface area contributed by atoms with Crippen molar-refractivity contribution in [1.29, 1.82) is 0 Å². The van der Waals surface area contributed by atoms with E-state index in [1.54, 1.807) is 0 Å². The van der Waals surface area contributed by atoms with E-state index in [2.05, 4.69) is 0 Å². The molecule has 0 unspecified atom stereocenters. The normalized spacial score (nSPS) is 15.2. The minimum absolute atomic E-state index is 0.0309. The summed E-state index contributed by atoms with van der Waals surface area (Å²) in [5, 5.41) is 0. The monoisotopic (exact) mass is 251 g/mol. The Kier molecular flexibility index (Phi) is 2.48. The van der Waals surface area contributed by atoms with Gasteiger partial charge in [-0.1, -0.05) is 12.2 Å². The van der Waals surface area contributed by atoms with Crippen molar-refractivity contribution in [3.8, 4) is 0 Å². The Balaban J connectivity index is 2.65. The zero-order chi connectivity index (χ0) is 12.8. The fraction of sp³-hybridized carbons (Fsp3) is 0.273. The molecule has 0 heterocycles. The summed E-state index contributed by atoms with van der Waals surface area (Å²) in [4.78, 5) is 0. The molecule has 0 nitrogen and oxygen atoms in total. The zero-order valence-corrected chi connectivity index (χ0v) is 8.21. The largest absolute Gasteiger partial charge is 0.417 e. The highest BCUT2D eigenvalue weighted by atomic mass is 19.4. The van der Waals surface area contributed by atoms with Crippen LogP contribution in [0.2, 0.25) is 0 Å². The molecule has 91 valence electrons.